The zero-order chi connectivity index (χ0) is 15.2. The minimum atomic E-state index is 0.0885. The SMILES string of the molecule is Cc1nsc(N2CCC(NC(=O)CC3CC3)C23CCCC3)n1. The highest BCUT2D eigenvalue weighted by Crippen LogP contribution is 2.46. The molecular weight excluding hydrogens is 296 g/mol. The molecule has 1 aromatic rings. The van der Waals surface area contributed by atoms with Crippen molar-refractivity contribution in [2.75, 3.05) is 11.4 Å². The van der Waals surface area contributed by atoms with Crippen molar-refractivity contribution in [2.45, 2.75) is 69.9 Å². The first-order chi connectivity index (χ1) is 10.7. The number of nitrogens with zero attached hydrogens (tertiary/aromatic N) is 3. The maximum atomic E-state index is 12.3. The molecule has 1 aromatic heterocycles. The maximum absolute atomic E-state index is 12.3. The molecule has 2 saturated carbocycles. The summed E-state index contributed by atoms with van der Waals surface area (Å²) in [5.41, 5.74) is 0.0885. The second-order valence-corrected chi connectivity index (χ2v) is 7.87. The lowest BCUT2D eigenvalue weighted by molar-refractivity contribution is -0.122. The lowest BCUT2D eigenvalue weighted by atomic mass is 9.89. The molecule has 1 aliphatic heterocycles. The number of carbonyl (C=O) groups is 1. The summed E-state index contributed by atoms with van der Waals surface area (Å²) in [5, 5.41) is 4.41. The third-order valence-electron chi connectivity index (χ3n) is 5.55. The summed E-state index contributed by atoms with van der Waals surface area (Å²) in [7, 11) is 0. The number of aromatic nitrogens is 2. The Labute approximate surface area is 135 Å². The van der Waals surface area contributed by atoms with Gasteiger partial charge in [-0.1, -0.05) is 12.8 Å². The van der Waals surface area contributed by atoms with Crippen LogP contribution >= 0.6 is 11.5 Å². The number of hydrogen-bond acceptors (Lipinski definition) is 5. The highest BCUT2D eigenvalue weighted by atomic mass is 32.1. The third kappa shape index (κ3) is 2.51. The Kier molecular flexibility index (Phi) is 3.59. The summed E-state index contributed by atoms with van der Waals surface area (Å²) >= 11 is 1.50. The molecule has 22 heavy (non-hydrogen) atoms. The molecule has 1 atom stereocenters. The van der Waals surface area contributed by atoms with E-state index in [0.29, 0.717) is 5.92 Å². The summed E-state index contributed by atoms with van der Waals surface area (Å²) in [6, 6.07) is 0.283. The van der Waals surface area contributed by atoms with Crippen molar-refractivity contribution in [3.63, 3.8) is 0 Å². The van der Waals surface area contributed by atoms with Crippen molar-refractivity contribution < 1.29 is 4.79 Å². The lowest BCUT2D eigenvalue weighted by Crippen LogP contribution is -2.55. The molecule has 4 rings (SSSR count). The fourth-order valence-corrected chi connectivity index (χ4v) is 5.07. The number of rotatable bonds is 4. The van der Waals surface area contributed by atoms with Gasteiger partial charge in [0.25, 0.3) is 0 Å². The number of hydrogen-bond donors (Lipinski definition) is 1. The lowest BCUT2D eigenvalue weighted by Gasteiger charge is -2.39. The quantitative estimate of drug-likeness (QED) is 0.926. The van der Waals surface area contributed by atoms with Gasteiger partial charge in [-0.3, -0.25) is 4.79 Å². The van der Waals surface area contributed by atoms with E-state index >= 15 is 0 Å². The van der Waals surface area contributed by atoms with Crippen molar-refractivity contribution in [1.82, 2.24) is 14.7 Å². The van der Waals surface area contributed by atoms with Crippen LogP contribution in [0.1, 0.15) is 57.2 Å². The van der Waals surface area contributed by atoms with Crippen molar-refractivity contribution in [2.24, 2.45) is 5.92 Å². The number of amides is 1. The van der Waals surface area contributed by atoms with Gasteiger partial charge in [0.1, 0.15) is 5.82 Å². The molecule has 5 nitrogen and oxygen atoms in total. The van der Waals surface area contributed by atoms with Crippen LogP contribution in [0.3, 0.4) is 0 Å². The normalized spacial score (nSPS) is 26.8. The second-order valence-electron chi connectivity index (χ2n) is 7.14. The molecule has 1 saturated heterocycles. The fourth-order valence-electron chi connectivity index (χ4n) is 4.27. The summed E-state index contributed by atoms with van der Waals surface area (Å²) in [4.78, 5) is 19.3. The van der Waals surface area contributed by atoms with Crippen LogP contribution in [0.2, 0.25) is 0 Å². The molecule has 6 heteroatoms. The number of aryl methyl sites for hydroxylation is 1. The number of carbonyl (C=O) groups excluding carboxylic acids is 1. The van der Waals surface area contributed by atoms with Gasteiger partial charge in [-0.15, -0.1) is 0 Å². The van der Waals surface area contributed by atoms with Crippen LogP contribution in [-0.4, -0.2) is 33.4 Å². The topological polar surface area (TPSA) is 58.1 Å². The van der Waals surface area contributed by atoms with E-state index in [1.54, 1.807) is 0 Å². The standard InChI is InChI=1S/C16H24N4OS/c1-11-17-15(22-19-11)20-9-6-13(16(20)7-2-3-8-16)18-14(21)10-12-4-5-12/h12-13H,2-10H2,1H3,(H,18,21). The zero-order valence-electron chi connectivity index (χ0n) is 13.2. The van der Waals surface area contributed by atoms with Crippen LogP contribution in [0.5, 0.6) is 0 Å². The number of nitrogens with one attached hydrogen (secondary N) is 1. The predicted molar refractivity (Wildman–Crippen MR) is 87.1 cm³/mol. The second kappa shape index (κ2) is 5.48. The smallest absolute Gasteiger partial charge is 0.220 e. The van der Waals surface area contributed by atoms with Crippen molar-refractivity contribution in [1.29, 1.82) is 0 Å². The van der Waals surface area contributed by atoms with Crippen LogP contribution in [-0.2, 0) is 4.79 Å². The van der Waals surface area contributed by atoms with Crippen LogP contribution in [0, 0.1) is 12.8 Å². The molecule has 1 N–H and O–H groups in total. The van der Waals surface area contributed by atoms with Gasteiger partial charge in [-0.25, -0.2) is 4.98 Å². The Morgan fingerprint density at radius 3 is 2.77 bits per heavy atom. The Morgan fingerprint density at radius 1 is 1.36 bits per heavy atom. The Bertz CT molecular complexity index is 562. The molecule has 0 radical (unpaired) electrons. The number of anilines is 1. The molecule has 2 aliphatic carbocycles. The predicted octanol–water partition coefficient (Wildman–Crippen LogP) is 2.65. The first-order valence-electron chi connectivity index (χ1n) is 8.55. The first-order valence-corrected chi connectivity index (χ1v) is 9.32. The van der Waals surface area contributed by atoms with Gasteiger partial charge in [0.2, 0.25) is 11.0 Å². The van der Waals surface area contributed by atoms with Gasteiger partial charge in [-0.05, 0) is 44.9 Å². The van der Waals surface area contributed by atoms with E-state index in [9.17, 15) is 4.79 Å². The highest BCUT2D eigenvalue weighted by molar-refractivity contribution is 7.09. The van der Waals surface area contributed by atoms with Gasteiger partial charge in [0.15, 0.2) is 0 Å². The van der Waals surface area contributed by atoms with Crippen molar-refractivity contribution in [3.8, 4) is 0 Å². The summed E-state index contributed by atoms with van der Waals surface area (Å²) in [5.74, 6) is 1.77. The van der Waals surface area contributed by atoms with Gasteiger partial charge >= 0.3 is 0 Å². The van der Waals surface area contributed by atoms with E-state index in [2.05, 4.69) is 19.6 Å². The Morgan fingerprint density at radius 2 is 2.14 bits per heavy atom. The van der Waals surface area contributed by atoms with Crippen LogP contribution in [0.25, 0.3) is 0 Å². The minimum Gasteiger partial charge on any atom is -0.351 e. The highest BCUT2D eigenvalue weighted by Gasteiger charge is 2.51. The molecule has 1 spiro atoms. The van der Waals surface area contributed by atoms with E-state index < -0.39 is 0 Å². The average Bonchev–Trinajstić information content (AvgIpc) is 2.91. The van der Waals surface area contributed by atoms with Crippen LogP contribution in [0.15, 0.2) is 0 Å². The van der Waals surface area contributed by atoms with E-state index in [0.717, 1.165) is 30.3 Å². The van der Waals surface area contributed by atoms with E-state index in [1.165, 1.54) is 50.1 Å². The third-order valence-corrected chi connectivity index (χ3v) is 6.38. The summed E-state index contributed by atoms with van der Waals surface area (Å²) < 4.78 is 4.35. The largest absolute Gasteiger partial charge is 0.351 e. The average molecular weight is 320 g/mol. The van der Waals surface area contributed by atoms with Crippen LogP contribution < -0.4 is 10.2 Å². The van der Waals surface area contributed by atoms with Gasteiger partial charge < -0.3 is 10.2 Å². The van der Waals surface area contributed by atoms with Gasteiger partial charge in [-0.2, -0.15) is 4.37 Å². The Hall–Kier alpha value is -1.17. The molecule has 0 bridgehead atoms. The van der Waals surface area contributed by atoms with Crippen LogP contribution in [0.4, 0.5) is 5.13 Å². The summed E-state index contributed by atoms with van der Waals surface area (Å²) in [6.07, 6.45) is 9.07. The van der Waals surface area contributed by atoms with Crippen molar-refractivity contribution >= 4 is 22.6 Å². The molecule has 1 unspecified atom stereocenters. The fraction of sp³-hybridized carbons (Fsp3) is 0.812. The summed E-state index contributed by atoms with van der Waals surface area (Å²) in [6.45, 7) is 2.94. The van der Waals surface area contributed by atoms with Gasteiger partial charge in [0.05, 0.1) is 11.6 Å². The zero-order valence-corrected chi connectivity index (χ0v) is 14.0. The minimum absolute atomic E-state index is 0.0885. The van der Waals surface area contributed by atoms with Gasteiger partial charge in [0, 0.05) is 24.5 Å². The van der Waals surface area contributed by atoms with E-state index in [4.69, 9.17) is 0 Å². The molecule has 2 heterocycles. The monoisotopic (exact) mass is 320 g/mol. The molecular formula is C16H24N4OS. The van der Waals surface area contributed by atoms with E-state index in [1.807, 2.05) is 6.92 Å². The maximum Gasteiger partial charge on any atom is 0.220 e. The molecule has 120 valence electrons. The van der Waals surface area contributed by atoms with E-state index in [-0.39, 0.29) is 17.5 Å². The van der Waals surface area contributed by atoms with Crippen molar-refractivity contribution in [3.05, 3.63) is 5.82 Å². The molecule has 3 aliphatic rings. The molecule has 3 fully saturated rings. The Balaban J connectivity index is 1.53. The molecule has 1 amide bonds. The molecule has 0 aromatic carbocycles. The first kappa shape index (κ1) is 14.4.